The Balaban J connectivity index is 2.15. The van der Waals surface area contributed by atoms with Gasteiger partial charge in [0.1, 0.15) is 9.88 Å². The van der Waals surface area contributed by atoms with E-state index < -0.39 is 5.91 Å². The molecule has 0 radical (unpaired) electrons. The fourth-order valence-electron chi connectivity index (χ4n) is 1.90. The first-order valence-corrected chi connectivity index (χ1v) is 6.84. The highest BCUT2D eigenvalue weighted by Gasteiger charge is 2.17. The van der Waals surface area contributed by atoms with Gasteiger partial charge in [-0.1, -0.05) is 30.3 Å². The molecule has 1 amide bonds. The monoisotopic (exact) mass is 281 g/mol. The summed E-state index contributed by atoms with van der Waals surface area (Å²) in [5.74, 6) is -0.457. The van der Waals surface area contributed by atoms with Crippen molar-refractivity contribution in [3.8, 4) is 21.8 Å². The lowest BCUT2D eigenvalue weighted by Crippen LogP contribution is -2.10. The lowest BCUT2D eigenvalue weighted by Gasteiger charge is -1.98. The minimum Gasteiger partial charge on any atom is -0.365 e. The number of thiazole rings is 1. The second-order valence-corrected chi connectivity index (χ2v) is 5.16. The van der Waals surface area contributed by atoms with Gasteiger partial charge < -0.3 is 5.73 Å². The number of nitrogens with two attached hydrogens (primary N) is 1. The molecule has 98 valence electrons. The molecule has 0 spiro atoms. The maximum atomic E-state index is 11.6. The van der Waals surface area contributed by atoms with Crippen LogP contribution in [0, 0.1) is 0 Å². The molecule has 0 saturated carbocycles. The average molecular weight is 281 g/mol. The van der Waals surface area contributed by atoms with Crippen molar-refractivity contribution in [3.63, 3.8) is 0 Å². The third kappa shape index (κ3) is 2.31. The molecule has 0 aliphatic carbocycles. The summed E-state index contributed by atoms with van der Waals surface area (Å²) in [7, 11) is 0. The zero-order valence-electron chi connectivity index (χ0n) is 10.5. The van der Waals surface area contributed by atoms with E-state index in [2.05, 4.69) is 9.97 Å². The molecular weight excluding hydrogens is 270 g/mol. The van der Waals surface area contributed by atoms with E-state index >= 15 is 0 Å². The first-order valence-electron chi connectivity index (χ1n) is 6.02. The van der Waals surface area contributed by atoms with E-state index in [9.17, 15) is 4.79 Å². The number of carbonyl (C=O) groups is 1. The maximum Gasteiger partial charge on any atom is 0.261 e. The standard InChI is InChI=1S/C15H11N3OS/c16-14(19)13-12(10-4-2-1-3-5-10)18-15(20-13)11-6-8-17-9-7-11/h1-9H,(H2,16,19). The predicted molar refractivity (Wildman–Crippen MR) is 79.3 cm³/mol. The van der Waals surface area contributed by atoms with Crippen LogP contribution in [0.5, 0.6) is 0 Å². The van der Waals surface area contributed by atoms with Crippen molar-refractivity contribution in [2.24, 2.45) is 5.73 Å². The molecule has 3 rings (SSSR count). The van der Waals surface area contributed by atoms with Gasteiger partial charge in [-0.3, -0.25) is 9.78 Å². The lowest BCUT2D eigenvalue weighted by molar-refractivity contribution is 0.100. The molecule has 3 aromatic rings. The van der Waals surface area contributed by atoms with Crippen molar-refractivity contribution in [2.75, 3.05) is 0 Å². The van der Waals surface area contributed by atoms with E-state index in [0.717, 1.165) is 16.1 Å². The molecule has 2 heterocycles. The van der Waals surface area contributed by atoms with Gasteiger partial charge in [-0.25, -0.2) is 4.98 Å². The summed E-state index contributed by atoms with van der Waals surface area (Å²) >= 11 is 1.30. The summed E-state index contributed by atoms with van der Waals surface area (Å²) in [6.45, 7) is 0. The Kier molecular flexibility index (Phi) is 3.26. The van der Waals surface area contributed by atoms with Crippen molar-refractivity contribution < 1.29 is 4.79 Å². The fourth-order valence-corrected chi connectivity index (χ4v) is 2.84. The first-order chi connectivity index (χ1) is 9.75. The van der Waals surface area contributed by atoms with E-state index in [1.54, 1.807) is 12.4 Å². The van der Waals surface area contributed by atoms with Crippen LogP contribution >= 0.6 is 11.3 Å². The van der Waals surface area contributed by atoms with Crippen LogP contribution in [0.2, 0.25) is 0 Å². The highest BCUT2D eigenvalue weighted by atomic mass is 32.1. The summed E-state index contributed by atoms with van der Waals surface area (Å²) in [6.07, 6.45) is 3.39. The largest absolute Gasteiger partial charge is 0.365 e. The van der Waals surface area contributed by atoms with Gasteiger partial charge in [0.15, 0.2) is 0 Å². The molecule has 0 bridgehead atoms. The summed E-state index contributed by atoms with van der Waals surface area (Å²) in [5.41, 5.74) is 7.91. The Morgan fingerprint density at radius 3 is 2.35 bits per heavy atom. The molecule has 0 aliphatic rings. The number of amides is 1. The number of aromatic nitrogens is 2. The number of carbonyl (C=O) groups excluding carboxylic acids is 1. The van der Waals surface area contributed by atoms with Crippen LogP contribution in [-0.4, -0.2) is 15.9 Å². The van der Waals surface area contributed by atoms with Crippen LogP contribution in [-0.2, 0) is 0 Å². The number of nitrogens with zero attached hydrogens (tertiary/aromatic N) is 2. The minimum absolute atomic E-state index is 0.457. The molecule has 20 heavy (non-hydrogen) atoms. The number of pyridine rings is 1. The van der Waals surface area contributed by atoms with E-state index in [1.807, 2.05) is 42.5 Å². The molecular formula is C15H11N3OS. The molecule has 1 aromatic carbocycles. The van der Waals surface area contributed by atoms with Crippen molar-refractivity contribution in [2.45, 2.75) is 0 Å². The van der Waals surface area contributed by atoms with Crippen molar-refractivity contribution in [3.05, 3.63) is 59.7 Å². The van der Waals surface area contributed by atoms with Gasteiger partial charge in [0, 0.05) is 23.5 Å². The van der Waals surface area contributed by atoms with Gasteiger partial charge in [-0.05, 0) is 12.1 Å². The van der Waals surface area contributed by atoms with E-state index in [1.165, 1.54) is 11.3 Å². The molecule has 0 saturated heterocycles. The Morgan fingerprint density at radius 2 is 1.70 bits per heavy atom. The molecule has 5 heteroatoms. The Morgan fingerprint density at radius 1 is 1.00 bits per heavy atom. The van der Waals surface area contributed by atoms with Crippen LogP contribution in [0.25, 0.3) is 21.8 Å². The van der Waals surface area contributed by atoms with Gasteiger partial charge in [0.05, 0.1) is 5.69 Å². The van der Waals surface area contributed by atoms with Gasteiger partial charge in [0.2, 0.25) is 0 Å². The SMILES string of the molecule is NC(=O)c1sc(-c2ccncc2)nc1-c1ccccc1. The zero-order valence-corrected chi connectivity index (χ0v) is 11.3. The number of primary amides is 1. The van der Waals surface area contributed by atoms with Crippen LogP contribution in [0.15, 0.2) is 54.9 Å². The third-order valence-electron chi connectivity index (χ3n) is 2.83. The summed E-state index contributed by atoms with van der Waals surface area (Å²) in [4.78, 5) is 20.6. The Labute approximate surface area is 119 Å². The minimum atomic E-state index is -0.457. The molecule has 4 nitrogen and oxygen atoms in total. The summed E-state index contributed by atoms with van der Waals surface area (Å²) in [5, 5.41) is 0.764. The zero-order chi connectivity index (χ0) is 13.9. The van der Waals surface area contributed by atoms with Gasteiger partial charge >= 0.3 is 0 Å². The highest BCUT2D eigenvalue weighted by Crippen LogP contribution is 2.33. The second-order valence-electron chi connectivity index (χ2n) is 4.16. The molecule has 0 atom stereocenters. The fraction of sp³-hybridized carbons (Fsp3) is 0. The Hall–Kier alpha value is -2.53. The predicted octanol–water partition coefficient (Wildman–Crippen LogP) is 2.97. The number of rotatable bonds is 3. The topological polar surface area (TPSA) is 68.9 Å². The molecule has 2 aromatic heterocycles. The van der Waals surface area contributed by atoms with Crippen molar-refractivity contribution >= 4 is 17.2 Å². The number of benzene rings is 1. The molecule has 0 unspecified atom stereocenters. The van der Waals surface area contributed by atoms with E-state index in [0.29, 0.717) is 10.6 Å². The van der Waals surface area contributed by atoms with Gasteiger partial charge in [0.25, 0.3) is 5.91 Å². The average Bonchev–Trinajstić information content (AvgIpc) is 2.94. The van der Waals surface area contributed by atoms with E-state index in [-0.39, 0.29) is 0 Å². The highest BCUT2D eigenvalue weighted by molar-refractivity contribution is 7.17. The number of hydrogen-bond donors (Lipinski definition) is 1. The van der Waals surface area contributed by atoms with Crippen molar-refractivity contribution in [1.82, 2.24) is 9.97 Å². The first kappa shape index (κ1) is 12.5. The molecule has 0 aliphatic heterocycles. The van der Waals surface area contributed by atoms with Crippen molar-refractivity contribution in [1.29, 1.82) is 0 Å². The van der Waals surface area contributed by atoms with Crippen LogP contribution in [0.4, 0.5) is 0 Å². The normalized spacial score (nSPS) is 10.4. The summed E-state index contributed by atoms with van der Waals surface area (Å²) < 4.78 is 0. The summed E-state index contributed by atoms with van der Waals surface area (Å²) in [6, 6.07) is 13.3. The lowest BCUT2D eigenvalue weighted by atomic mass is 10.1. The van der Waals surface area contributed by atoms with Crippen LogP contribution in [0.3, 0.4) is 0 Å². The van der Waals surface area contributed by atoms with E-state index in [4.69, 9.17) is 5.73 Å². The molecule has 0 fully saturated rings. The van der Waals surface area contributed by atoms with Crippen LogP contribution in [0.1, 0.15) is 9.67 Å². The van der Waals surface area contributed by atoms with Crippen LogP contribution < -0.4 is 5.73 Å². The number of hydrogen-bond acceptors (Lipinski definition) is 4. The third-order valence-corrected chi connectivity index (χ3v) is 3.94. The smallest absolute Gasteiger partial charge is 0.261 e. The second kappa shape index (κ2) is 5.22. The maximum absolute atomic E-state index is 11.6. The molecule has 2 N–H and O–H groups in total. The quantitative estimate of drug-likeness (QED) is 0.802. The van der Waals surface area contributed by atoms with Gasteiger partial charge in [-0.15, -0.1) is 11.3 Å². The Bertz CT molecular complexity index is 738. The van der Waals surface area contributed by atoms with Gasteiger partial charge in [-0.2, -0.15) is 0 Å².